The molecule has 1 aromatic carbocycles. The van der Waals surface area contributed by atoms with Crippen molar-refractivity contribution in [2.75, 3.05) is 31.5 Å². The van der Waals surface area contributed by atoms with Gasteiger partial charge in [0.15, 0.2) is 0 Å². The number of alkyl halides is 3. The number of carbonyl (C=O) groups excluding carboxylic acids is 1. The molecule has 0 radical (unpaired) electrons. The first-order valence-electron chi connectivity index (χ1n) is 12.8. The highest BCUT2D eigenvalue weighted by molar-refractivity contribution is 5.80. The topological polar surface area (TPSA) is 94.6 Å². The maximum Gasteiger partial charge on any atom is 0.416 e. The van der Waals surface area contributed by atoms with Gasteiger partial charge in [-0.2, -0.15) is 13.2 Å². The molecule has 7 nitrogen and oxygen atoms in total. The number of aryl methyl sites for hydroxylation is 2. The van der Waals surface area contributed by atoms with Crippen LogP contribution in [0.2, 0.25) is 0 Å². The predicted octanol–water partition coefficient (Wildman–Crippen LogP) is 4.44. The van der Waals surface area contributed by atoms with E-state index in [9.17, 15) is 27.9 Å². The Balaban J connectivity index is 1.32. The summed E-state index contributed by atoms with van der Waals surface area (Å²) in [5.74, 6) is -0.883. The first-order chi connectivity index (χ1) is 17.7. The summed E-state index contributed by atoms with van der Waals surface area (Å²) >= 11 is 0. The largest absolute Gasteiger partial charge is 0.481 e. The van der Waals surface area contributed by atoms with Gasteiger partial charge in [-0.05, 0) is 80.9 Å². The van der Waals surface area contributed by atoms with Gasteiger partial charge in [0.2, 0.25) is 5.91 Å². The second-order valence-electron chi connectivity index (χ2n) is 9.87. The fourth-order valence-electron chi connectivity index (χ4n) is 5.11. The van der Waals surface area contributed by atoms with Gasteiger partial charge in [-0.3, -0.25) is 9.59 Å². The van der Waals surface area contributed by atoms with Gasteiger partial charge < -0.3 is 20.6 Å². The fourth-order valence-corrected chi connectivity index (χ4v) is 5.11. The normalized spacial score (nSPS) is 18.9. The number of hydrogen-bond donors (Lipinski definition) is 3. The quantitative estimate of drug-likeness (QED) is 0.455. The number of amides is 1. The van der Waals surface area contributed by atoms with E-state index in [1.54, 1.807) is 0 Å². The van der Waals surface area contributed by atoms with Crippen molar-refractivity contribution >= 4 is 17.7 Å². The summed E-state index contributed by atoms with van der Waals surface area (Å²) in [5, 5.41) is 15.4. The molecule has 1 amide bonds. The summed E-state index contributed by atoms with van der Waals surface area (Å²) in [7, 11) is 0. The number of fused-ring (bicyclic) bond motifs is 1. The maximum atomic E-state index is 13.2. The van der Waals surface area contributed by atoms with E-state index in [0.29, 0.717) is 13.0 Å². The van der Waals surface area contributed by atoms with Crippen molar-refractivity contribution in [1.29, 1.82) is 0 Å². The van der Waals surface area contributed by atoms with Crippen molar-refractivity contribution in [1.82, 2.24) is 15.2 Å². The van der Waals surface area contributed by atoms with E-state index in [0.717, 1.165) is 75.4 Å². The Morgan fingerprint density at radius 1 is 1.22 bits per heavy atom. The molecule has 0 spiro atoms. The molecular formula is C27H33F3N4O3. The Kier molecular flexibility index (Phi) is 8.68. The predicted molar refractivity (Wildman–Crippen MR) is 133 cm³/mol. The molecule has 2 aliphatic rings. The summed E-state index contributed by atoms with van der Waals surface area (Å²) in [6.07, 6.45) is 0.331. The van der Waals surface area contributed by atoms with E-state index in [2.05, 4.69) is 27.7 Å². The van der Waals surface area contributed by atoms with E-state index < -0.39 is 30.2 Å². The third kappa shape index (κ3) is 7.44. The van der Waals surface area contributed by atoms with Crippen LogP contribution >= 0.6 is 0 Å². The standard InChI is InChI=1S/C27H33F3N4O3/c28-27(29,30)21-8-1-5-19(15-21)23(16-24(35)36)33-26(37)20-7-3-13-34(17-20)14-4-9-22-11-10-18-6-2-12-31-25(18)32-22/h1,5,8,10-11,15,20,23H,2-4,6-7,9,12-14,16-17H2,(H,31,32)(H,33,37)(H,35,36)/t20-,23?/m1/s1. The van der Waals surface area contributed by atoms with Crippen molar-refractivity contribution in [2.45, 2.75) is 57.2 Å². The van der Waals surface area contributed by atoms with Gasteiger partial charge in [-0.25, -0.2) is 4.98 Å². The van der Waals surface area contributed by atoms with Crippen LogP contribution in [0.4, 0.5) is 19.0 Å². The molecule has 1 unspecified atom stereocenters. The monoisotopic (exact) mass is 518 g/mol. The number of carboxylic acid groups (broad SMARTS) is 1. The third-order valence-corrected chi connectivity index (χ3v) is 7.05. The molecule has 1 fully saturated rings. The SMILES string of the molecule is O=C(O)CC(NC(=O)[C@@H]1CCCN(CCCc2ccc3c(n2)NCCC3)C1)c1cccc(C(F)(F)F)c1. The van der Waals surface area contributed by atoms with Crippen LogP contribution in [0.3, 0.4) is 0 Å². The smallest absolute Gasteiger partial charge is 0.416 e. The number of aromatic nitrogens is 1. The number of halogens is 3. The highest BCUT2D eigenvalue weighted by Crippen LogP contribution is 2.31. The first-order valence-corrected chi connectivity index (χ1v) is 12.8. The van der Waals surface area contributed by atoms with E-state index in [4.69, 9.17) is 4.98 Å². The number of rotatable bonds is 9. The molecule has 2 atom stereocenters. The second-order valence-corrected chi connectivity index (χ2v) is 9.87. The minimum absolute atomic E-state index is 0.130. The van der Waals surface area contributed by atoms with Gasteiger partial charge in [0.05, 0.1) is 23.9 Å². The zero-order chi connectivity index (χ0) is 26.4. The van der Waals surface area contributed by atoms with Crippen molar-refractivity contribution in [3.63, 3.8) is 0 Å². The molecule has 2 aliphatic heterocycles. The Morgan fingerprint density at radius 3 is 2.84 bits per heavy atom. The van der Waals surface area contributed by atoms with Crippen LogP contribution in [0.25, 0.3) is 0 Å². The number of aliphatic carboxylic acids is 1. The number of carboxylic acids is 1. The number of benzene rings is 1. The Morgan fingerprint density at radius 2 is 2.05 bits per heavy atom. The number of hydrogen-bond acceptors (Lipinski definition) is 5. The Labute approximate surface area is 214 Å². The number of pyridine rings is 1. The lowest BCUT2D eigenvalue weighted by Gasteiger charge is -2.33. The molecular weight excluding hydrogens is 485 g/mol. The molecule has 0 saturated carbocycles. The zero-order valence-corrected chi connectivity index (χ0v) is 20.7. The minimum Gasteiger partial charge on any atom is -0.481 e. The number of likely N-dealkylation sites (tertiary alicyclic amines) is 1. The highest BCUT2D eigenvalue weighted by Gasteiger charge is 2.32. The first kappa shape index (κ1) is 26.9. The van der Waals surface area contributed by atoms with E-state index in [-0.39, 0.29) is 17.4 Å². The molecule has 3 heterocycles. The van der Waals surface area contributed by atoms with E-state index in [1.807, 2.05) is 0 Å². The minimum atomic E-state index is -4.55. The molecule has 200 valence electrons. The molecule has 10 heteroatoms. The van der Waals surface area contributed by atoms with Gasteiger partial charge in [-0.1, -0.05) is 18.2 Å². The summed E-state index contributed by atoms with van der Waals surface area (Å²) in [6.45, 7) is 3.16. The van der Waals surface area contributed by atoms with Gasteiger partial charge >= 0.3 is 12.1 Å². The van der Waals surface area contributed by atoms with Crippen LogP contribution in [0.5, 0.6) is 0 Å². The fraction of sp³-hybridized carbons (Fsp3) is 0.519. The van der Waals surface area contributed by atoms with Crippen LogP contribution in [0.1, 0.15) is 60.5 Å². The molecule has 4 rings (SSSR count). The number of anilines is 1. The average molecular weight is 519 g/mol. The Bertz CT molecular complexity index is 1110. The molecule has 2 aromatic rings. The van der Waals surface area contributed by atoms with Crippen LogP contribution in [-0.4, -0.2) is 53.0 Å². The van der Waals surface area contributed by atoms with Gasteiger partial charge in [0.1, 0.15) is 5.82 Å². The van der Waals surface area contributed by atoms with Crippen LogP contribution in [-0.2, 0) is 28.6 Å². The zero-order valence-electron chi connectivity index (χ0n) is 20.7. The molecule has 3 N–H and O–H groups in total. The van der Waals surface area contributed by atoms with Crippen molar-refractivity contribution in [3.8, 4) is 0 Å². The lowest BCUT2D eigenvalue weighted by Crippen LogP contribution is -2.44. The number of nitrogens with zero attached hydrogens (tertiary/aromatic N) is 2. The van der Waals surface area contributed by atoms with Crippen LogP contribution in [0.15, 0.2) is 36.4 Å². The summed E-state index contributed by atoms with van der Waals surface area (Å²) in [4.78, 5) is 31.4. The van der Waals surface area contributed by atoms with Crippen molar-refractivity contribution < 1.29 is 27.9 Å². The Hall–Kier alpha value is -3.14. The molecule has 0 aliphatic carbocycles. The van der Waals surface area contributed by atoms with Crippen LogP contribution < -0.4 is 10.6 Å². The molecule has 1 saturated heterocycles. The van der Waals surface area contributed by atoms with Gasteiger partial charge in [-0.15, -0.1) is 0 Å². The number of carbonyl (C=O) groups is 2. The molecule has 1 aromatic heterocycles. The number of nitrogens with one attached hydrogen (secondary N) is 2. The van der Waals surface area contributed by atoms with Crippen LogP contribution in [0, 0.1) is 5.92 Å². The summed E-state index contributed by atoms with van der Waals surface area (Å²) in [5.41, 5.74) is 1.55. The summed E-state index contributed by atoms with van der Waals surface area (Å²) in [6, 6.07) is 7.67. The maximum absolute atomic E-state index is 13.2. The third-order valence-electron chi connectivity index (χ3n) is 7.05. The highest BCUT2D eigenvalue weighted by atomic mass is 19.4. The lowest BCUT2D eigenvalue weighted by molar-refractivity contribution is -0.138. The van der Waals surface area contributed by atoms with Crippen molar-refractivity contribution in [2.24, 2.45) is 5.92 Å². The average Bonchev–Trinajstić information content (AvgIpc) is 2.88. The van der Waals surface area contributed by atoms with Gasteiger partial charge in [0, 0.05) is 18.8 Å². The van der Waals surface area contributed by atoms with E-state index >= 15 is 0 Å². The van der Waals surface area contributed by atoms with Crippen molar-refractivity contribution in [3.05, 3.63) is 58.8 Å². The number of piperidine rings is 1. The van der Waals surface area contributed by atoms with E-state index in [1.165, 1.54) is 17.7 Å². The molecule has 37 heavy (non-hydrogen) atoms. The summed E-state index contributed by atoms with van der Waals surface area (Å²) < 4.78 is 39.5. The van der Waals surface area contributed by atoms with Gasteiger partial charge in [0.25, 0.3) is 0 Å². The lowest BCUT2D eigenvalue weighted by atomic mass is 9.95. The molecule has 0 bridgehead atoms. The second kappa shape index (κ2) is 11.9.